The summed E-state index contributed by atoms with van der Waals surface area (Å²) in [6.45, 7) is 7.33. The highest BCUT2D eigenvalue weighted by Gasteiger charge is 2.31. The van der Waals surface area contributed by atoms with Crippen LogP contribution in [0.25, 0.3) is 0 Å². The minimum Gasteiger partial charge on any atom is -0.308 e. The summed E-state index contributed by atoms with van der Waals surface area (Å²) >= 11 is 0. The van der Waals surface area contributed by atoms with Crippen LogP contribution in [0.1, 0.15) is 12.8 Å². The second kappa shape index (κ2) is 5.94. The summed E-state index contributed by atoms with van der Waals surface area (Å²) in [5.74, 6) is 0.897. The topological polar surface area (TPSA) is 26.8 Å². The molecule has 98 valence electrons. The summed E-state index contributed by atoms with van der Waals surface area (Å²) in [5.41, 5.74) is 0. The van der Waals surface area contributed by atoms with E-state index in [1.54, 1.807) is 0 Å². The largest absolute Gasteiger partial charge is 0.308 e. The Labute approximate surface area is 105 Å². The molecule has 0 aromatic carbocycles. The predicted molar refractivity (Wildman–Crippen MR) is 69.2 cm³/mol. The van der Waals surface area contributed by atoms with Crippen LogP contribution in [0, 0.1) is 5.92 Å². The Hall–Kier alpha value is -0.450. The maximum atomic E-state index is 11.7. The highest BCUT2D eigenvalue weighted by Crippen LogP contribution is 2.30. The number of piperazine rings is 1. The van der Waals surface area contributed by atoms with Crippen LogP contribution in [0.15, 0.2) is 0 Å². The second-order valence-corrected chi connectivity index (χ2v) is 5.66. The molecule has 0 spiro atoms. The number of hydrogen-bond donors (Lipinski definition) is 0. The molecule has 0 aromatic rings. The average Bonchev–Trinajstić information content (AvgIpc) is 3.12. The minimum absolute atomic E-state index is 0.418. The average molecular weight is 239 g/mol. The van der Waals surface area contributed by atoms with Gasteiger partial charge in [0.25, 0.3) is 0 Å². The number of rotatable bonds is 6. The van der Waals surface area contributed by atoms with Gasteiger partial charge in [-0.1, -0.05) is 0 Å². The van der Waals surface area contributed by atoms with Crippen molar-refractivity contribution in [2.45, 2.75) is 12.8 Å². The first-order chi connectivity index (χ1) is 8.15. The predicted octanol–water partition coefficient (Wildman–Crippen LogP) is 0.145. The Morgan fingerprint density at radius 2 is 1.71 bits per heavy atom. The molecule has 0 bridgehead atoms. The van der Waals surface area contributed by atoms with Crippen molar-refractivity contribution in [3.05, 3.63) is 0 Å². The van der Waals surface area contributed by atoms with Gasteiger partial charge >= 0.3 is 0 Å². The molecule has 0 unspecified atom stereocenters. The van der Waals surface area contributed by atoms with Gasteiger partial charge < -0.3 is 4.90 Å². The van der Waals surface area contributed by atoms with Gasteiger partial charge in [-0.05, 0) is 26.9 Å². The van der Waals surface area contributed by atoms with E-state index in [-0.39, 0.29) is 0 Å². The molecule has 1 aliphatic carbocycles. The summed E-state index contributed by atoms with van der Waals surface area (Å²) in [6, 6.07) is 0. The van der Waals surface area contributed by atoms with Crippen LogP contribution < -0.4 is 0 Å². The summed E-state index contributed by atoms with van der Waals surface area (Å²) < 4.78 is 0. The quantitative estimate of drug-likeness (QED) is 0.659. The number of ketones is 1. The molecule has 2 aliphatic rings. The van der Waals surface area contributed by atoms with Crippen LogP contribution in [0.3, 0.4) is 0 Å². The number of carbonyl (C=O) groups excluding carboxylic acids is 1. The van der Waals surface area contributed by atoms with Gasteiger partial charge in [-0.25, -0.2) is 0 Å². The highest BCUT2D eigenvalue weighted by atomic mass is 16.1. The first-order valence-corrected chi connectivity index (χ1v) is 6.77. The Morgan fingerprint density at radius 3 is 2.24 bits per heavy atom. The van der Waals surface area contributed by atoms with E-state index in [9.17, 15) is 4.79 Å². The molecule has 1 saturated carbocycles. The molecule has 2 rings (SSSR count). The molecular weight excluding hydrogens is 214 g/mol. The van der Waals surface area contributed by atoms with Crippen molar-refractivity contribution in [3.63, 3.8) is 0 Å². The van der Waals surface area contributed by atoms with Crippen LogP contribution in [0.4, 0.5) is 0 Å². The fourth-order valence-corrected chi connectivity index (χ4v) is 2.27. The van der Waals surface area contributed by atoms with Crippen molar-refractivity contribution in [1.82, 2.24) is 14.7 Å². The summed E-state index contributed by atoms with van der Waals surface area (Å²) in [5, 5.41) is 0. The monoisotopic (exact) mass is 239 g/mol. The van der Waals surface area contributed by atoms with E-state index in [0.717, 1.165) is 52.1 Å². The number of Topliss-reactive ketones (excluding diaryl/α,β-unsaturated/α-hetero) is 1. The molecule has 0 aromatic heterocycles. The fourth-order valence-electron chi connectivity index (χ4n) is 2.27. The summed E-state index contributed by atoms with van der Waals surface area (Å²) in [6.07, 6.45) is 2.28. The third-order valence-corrected chi connectivity index (χ3v) is 3.74. The SMILES string of the molecule is CN(C)CCN1CCN(CC(=O)C2CC2)CC1. The molecule has 1 saturated heterocycles. The van der Waals surface area contributed by atoms with Crippen molar-refractivity contribution in [3.8, 4) is 0 Å². The Bertz CT molecular complexity index is 255. The lowest BCUT2D eigenvalue weighted by molar-refractivity contribution is -0.121. The molecule has 17 heavy (non-hydrogen) atoms. The Balaban J connectivity index is 1.61. The minimum atomic E-state index is 0.418. The number of nitrogens with zero attached hydrogens (tertiary/aromatic N) is 3. The van der Waals surface area contributed by atoms with Gasteiger partial charge in [-0.2, -0.15) is 0 Å². The summed E-state index contributed by atoms with van der Waals surface area (Å²) in [4.78, 5) is 18.8. The Morgan fingerprint density at radius 1 is 1.12 bits per heavy atom. The standard InChI is InChI=1S/C13H25N3O/c1-14(2)5-6-15-7-9-16(10-8-15)11-13(17)12-3-4-12/h12H,3-11H2,1-2H3. The van der Waals surface area contributed by atoms with Gasteiger partial charge in [0.05, 0.1) is 6.54 Å². The second-order valence-electron chi connectivity index (χ2n) is 5.66. The van der Waals surface area contributed by atoms with Crippen LogP contribution in [-0.2, 0) is 4.79 Å². The van der Waals surface area contributed by atoms with Gasteiger partial charge in [0.1, 0.15) is 5.78 Å². The van der Waals surface area contributed by atoms with Crippen LogP contribution in [-0.4, -0.2) is 80.4 Å². The number of hydrogen-bond acceptors (Lipinski definition) is 4. The Kier molecular flexibility index (Phi) is 4.54. The third kappa shape index (κ3) is 4.37. The van der Waals surface area contributed by atoms with Crippen molar-refractivity contribution in [1.29, 1.82) is 0 Å². The number of carbonyl (C=O) groups is 1. The summed E-state index contributed by atoms with van der Waals surface area (Å²) in [7, 11) is 4.23. The number of likely N-dealkylation sites (N-methyl/N-ethyl adjacent to an activating group) is 1. The molecule has 2 fully saturated rings. The molecule has 1 heterocycles. The molecular formula is C13H25N3O. The molecule has 4 heteroatoms. The van der Waals surface area contributed by atoms with E-state index < -0.39 is 0 Å². The van der Waals surface area contributed by atoms with E-state index >= 15 is 0 Å². The fraction of sp³-hybridized carbons (Fsp3) is 0.923. The van der Waals surface area contributed by atoms with E-state index in [1.807, 2.05) is 0 Å². The van der Waals surface area contributed by atoms with E-state index in [0.29, 0.717) is 18.2 Å². The first kappa shape index (κ1) is 13.0. The molecule has 1 aliphatic heterocycles. The molecule has 0 N–H and O–H groups in total. The van der Waals surface area contributed by atoms with Crippen molar-refractivity contribution < 1.29 is 4.79 Å². The zero-order valence-electron chi connectivity index (χ0n) is 11.2. The van der Waals surface area contributed by atoms with Crippen LogP contribution in [0.2, 0.25) is 0 Å². The van der Waals surface area contributed by atoms with Gasteiger partial charge in [-0.3, -0.25) is 14.6 Å². The smallest absolute Gasteiger partial charge is 0.149 e. The highest BCUT2D eigenvalue weighted by molar-refractivity contribution is 5.84. The van der Waals surface area contributed by atoms with Gasteiger partial charge in [0.15, 0.2) is 0 Å². The normalized spacial score (nSPS) is 23.2. The zero-order valence-corrected chi connectivity index (χ0v) is 11.2. The van der Waals surface area contributed by atoms with Gasteiger partial charge in [0, 0.05) is 45.2 Å². The first-order valence-electron chi connectivity index (χ1n) is 6.77. The lowest BCUT2D eigenvalue weighted by Gasteiger charge is -2.34. The van der Waals surface area contributed by atoms with Crippen LogP contribution in [0.5, 0.6) is 0 Å². The maximum Gasteiger partial charge on any atom is 0.149 e. The molecule has 0 atom stereocenters. The lowest BCUT2D eigenvalue weighted by atomic mass is 10.2. The maximum absolute atomic E-state index is 11.7. The van der Waals surface area contributed by atoms with Crippen LogP contribution >= 0.6 is 0 Å². The van der Waals surface area contributed by atoms with Gasteiger partial charge in [-0.15, -0.1) is 0 Å². The van der Waals surface area contributed by atoms with E-state index in [4.69, 9.17) is 0 Å². The molecule has 0 radical (unpaired) electrons. The van der Waals surface area contributed by atoms with E-state index in [1.165, 1.54) is 0 Å². The molecule has 4 nitrogen and oxygen atoms in total. The van der Waals surface area contributed by atoms with Crippen molar-refractivity contribution in [2.24, 2.45) is 5.92 Å². The van der Waals surface area contributed by atoms with Gasteiger partial charge in [0.2, 0.25) is 0 Å². The lowest BCUT2D eigenvalue weighted by Crippen LogP contribution is -2.49. The third-order valence-electron chi connectivity index (χ3n) is 3.74. The van der Waals surface area contributed by atoms with Crippen molar-refractivity contribution in [2.75, 3.05) is 59.9 Å². The molecule has 0 amide bonds. The van der Waals surface area contributed by atoms with Crippen molar-refractivity contribution >= 4 is 5.78 Å². The van der Waals surface area contributed by atoms with E-state index in [2.05, 4.69) is 28.8 Å². The zero-order chi connectivity index (χ0) is 12.3.